The maximum absolute atomic E-state index is 5.29. The van der Waals surface area contributed by atoms with Gasteiger partial charge in [-0.25, -0.2) is 0 Å². The minimum Gasteiger partial charge on any atom is -0.497 e. The van der Waals surface area contributed by atoms with Gasteiger partial charge in [0.05, 0.1) is 24.6 Å². The van der Waals surface area contributed by atoms with Gasteiger partial charge in [-0.05, 0) is 69.1 Å². The van der Waals surface area contributed by atoms with E-state index in [2.05, 4.69) is 114 Å². The molecule has 0 aliphatic carbocycles. The van der Waals surface area contributed by atoms with E-state index in [0.717, 1.165) is 29.1 Å². The van der Waals surface area contributed by atoms with Gasteiger partial charge < -0.3 is 4.74 Å². The van der Waals surface area contributed by atoms with Crippen LogP contribution in [-0.4, -0.2) is 12.8 Å². The Morgan fingerprint density at radius 1 is 0.743 bits per heavy atom. The Balaban J connectivity index is 1.46. The summed E-state index contributed by atoms with van der Waals surface area (Å²) in [6.45, 7) is 0. The summed E-state index contributed by atoms with van der Waals surface area (Å²) in [6, 6.07) is 38.4. The summed E-state index contributed by atoms with van der Waals surface area (Å²) in [4.78, 5) is 0. The lowest BCUT2D eigenvalue weighted by Crippen LogP contribution is -2.19. The summed E-state index contributed by atoms with van der Waals surface area (Å²) >= 11 is 0. The monoisotopic (exact) mass is 454 g/mol. The third-order valence-electron chi connectivity index (χ3n) is 6.68. The average molecular weight is 455 g/mol. The maximum Gasteiger partial charge on any atom is 0.118 e. The molecule has 0 radical (unpaired) electrons. The molecule has 1 aliphatic rings. The summed E-state index contributed by atoms with van der Waals surface area (Å²) in [5, 5.41) is 12.4. The third-order valence-corrected chi connectivity index (χ3v) is 6.68. The zero-order valence-corrected chi connectivity index (χ0v) is 19.6. The Bertz CT molecular complexity index is 1500. The first-order chi connectivity index (χ1) is 17.3. The lowest BCUT2D eigenvalue weighted by atomic mass is 9.90. The molecule has 0 fully saturated rings. The van der Waals surface area contributed by atoms with Crippen LogP contribution in [-0.2, 0) is 0 Å². The van der Waals surface area contributed by atoms with Crippen LogP contribution in [0.15, 0.2) is 120 Å². The molecule has 0 aromatic heterocycles. The van der Waals surface area contributed by atoms with Gasteiger partial charge in [-0.3, -0.25) is 5.01 Å². The molecule has 1 heterocycles. The molecule has 0 N–H and O–H groups in total. The predicted molar refractivity (Wildman–Crippen MR) is 147 cm³/mol. The Labute approximate surface area is 205 Å². The number of rotatable bonds is 5. The minimum atomic E-state index is 0.101. The number of benzene rings is 5. The van der Waals surface area contributed by atoms with Crippen molar-refractivity contribution in [2.45, 2.75) is 12.5 Å². The Morgan fingerprint density at radius 2 is 1.37 bits per heavy atom. The molecule has 170 valence electrons. The van der Waals surface area contributed by atoms with Crippen molar-refractivity contribution >= 4 is 39.0 Å². The van der Waals surface area contributed by atoms with Crippen LogP contribution in [0, 0.1) is 0 Å². The third kappa shape index (κ3) is 4.06. The number of hydrazone groups is 1. The lowest BCUT2D eigenvalue weighted by Gasteiger charge is -2.26. The maximum atomic E-state index is 5.29. The number of allylic oxidation sites excluding steroid dienone is 1. The van der Waals surface area contributed by atoms with E-state index in [1.165, 1.54) is 27.1 Å². The van der Waals surface area contributed by atoms with Crippen LogP contribution >= 0.6 is 0 Å². The zero-order chi connectivity index (χ0) is 23.6. The van der Waals surface area contributed by atoms with E-state index in [1.54, 1.807) is 7.11 Å². The number of hydrogen-bond acceptors (Lipinski definition) is 3. The molecule has 5 aromatic carbocycles. The highest BCUT2D eigenvalue weighted by atomic mass is 16.5. The lowest BCUT2D eigenvalue weighted by molar-refractivity contribution is 0.415. The van der Waals surface area contributed by atoms with Gasteiger partial charge >= 0.3 is 0 Å². The fourth-order valence-electron chi connectivity index (χ4n) is 4.99. The van der Waals surface area contributed by atoms with Crippen LogP contribution in [0.3, 0.4) is 0 Å². The van der Waals surface area contributed by atoms with E-state index in [0.29, 0.717) is 0 Å². The van der Waals surface area contributed by atoms with Crippen LogP contribution in [0.2, 0.25) is 0 Å². The van der Waals surface area contributed by atoms with Crippen molar-refractivity contribution in [3.05, 3.63) is 126 Å². The summed E-state index contributed by atoms with van der Waals surface area (Å²) in [7, 11) is 1.69. The highest BCUT2D eigenvalue weighted by Crippen LogP contribution is 2.42. The van der Waals surface area contributed by atoms with E-state index in [4.69, 9.17) is 9.84 Å². The summed E-state index contributed by atoms with van der Waals surface area (Å²) < 4.78 is 5.29. The number of anilines is 1. The predicted octanol–water partition coefficient (Wildman–Crippen LogP) is 8.02. The first kappa shape index (κ1) is 21.2. The average Bonchev–Trinajstić information content (AvgIpc) is 3.35. The molecule has 0 saturated carbocycles. The molecule has 5 aromatic rings. The molecule has 0 bridgehead atoms. The Kier molecular flexibility index (Phi) is 5.51. The van der Waals surface area contributed by atoms with Crippen molar-refractivity contribution in [3.8, 4) is 5.75 Å². The van der Waals surface area contributed by atoms with Crippen molar-refractivity contribution < 1.29 is 4.74 Å². The zero-order valence-electron chi connectivity index (χ0n) is 19.6. The topological polar surface area (TPSA) is 24.8 Å². The number of fused-ring (bicyclic) bond motifs is 2. The van der Waals surface area contributed by atoms with E-state index < -0.39 is 0 Å². The largest absolute Gasteiger partial charge is 0.497 e. The van der Waals surface area contributed by atoms with Gasteiger partial charge in [0, 0.05) is 6.42 Å². The second-order valence-corrected chi connectivity index (χ2v) is 8.83. The first-order valence-corrected chi connectivity index (χ1v) is 11.9. The highest BCUT2D eigenvalue weighted by Gasteiger charge is 2.30. The van der Waals surface area contributed by atoms with Crippen molar-refractivity contribution in [1.29, 1.82) is 0 Å². The van der Waals surface area contributed by atoms with Crippen LogP contribution in [0.5, 0.6) is 5.75 Å². The first-order valence-electron chi connectivity index (χ1n) is 11.9. The van der Waals surface area contributed by atoms with Crippen LogP contribution in [0.1, 0.15) is 23.6 Å². The van der Waals surface area contributed by atoms with Gasteiger partial charge in [-0.1, -0.05) is 84.9 Å². The van der Waals surface area contributed by atoms with Crippen LogP contribution in [0.25, 0.3) is 27.6 Å². The smallest absolute Gasteiger partial charge is 0.118 e. The summed E-state index contributed by atoms with van der Waals surface area (Å²) in [5.41, 5.74) is 4.62. The molecule has 0 saturated heterocycles. The molecule has 0 amide bonds. The van der Waals surface area contributed by atoms with Crippen molar-refractivity contribution in [2.24, 2.45) is 5.10 Å². The number of methoxy groups -OCH3 is 1. The summed E-state index contributed by atoms with van der Waals surface area (Å²) in [6.07, 6.45) is 5.11. The molecule has 3 heteroatoms. The number of ether oxygens (including phenoxy) is 1. The fraction of sp³-hybridized carbons (Fsp3) is 0.0938. The summed E-state index contributed by atoms with van der Waals surface area (Å²) in [5.74, 6) is 0.860. The van der Waals surface area contributed by atoms with E-state index in [9.17, 15) is 0 Å². The Hall–Kier alpha value is -4.37. The fourth-order valence-corrected chi connectivity index (χ4v) is 4.99. The van der Waals surface area contributed by atoms with Gasteiger partial charge in [0.2, 0.25) is 0 Å². The number of para-hydroxylation sites is 1. The van der Waals surface area contributed by atoms with Gasteiger partial charge in [0.15, 0.2) is 0 Å². The molecule has 1 aliphatic heterocycles. The minimum absolute atomic E-state index is 0.101. The van der Waals surface area contributed by atoms with E-state index >= 15 is 0 Å². The quantitative estimate of drug-likeness (QED) is 0.251. The number of hydrogen-bond donors (Lipinski definition) is 0. The van der Waals surface area contributed by atoms with E-state index in [-0.39, 0.29) is 6.04 Å². The molecule has 6 rings (SSSR count). The molecule has 1 unspecified atom stereocenters. The molecule has 1 atom stereocenters. The van der Waals surface area contributed by atoms with Crippen LogP contribution in [0.4, 0.5) is 5.69 Å². The number of nitrogens with zero attached hydrogens (tertiary/aromatic N) is 2. The van der Waals surface area contributed by atoms with Gasteiger partial charge in [0.1, 0.15) is 5.75 Å². The Morgan fingerprint density at radius 3 is 2.03 bits per heavy atom. The SMILES string of the molecule is COc1ccc(/C=C/C2=NN(c3ccccc3)C(c3c4ccccc4cc4ccccc34)C2)cc1. The second-order valence-electron chi connectivity index (χ2n) is 8.83. The molecule has 3 nitrogen and oxygen atoms in total. The van der Waals surface area contributed by atoms with Gasteiger partial charge in [-0.15, -0.1) is 0 Å². The molecule has 35 heavy (non-hydrogen) atoms. The van der Waals surface area contributed by atoms with Crippen LogP contribution < -0.4 is 9.75 Å². The van der Waals surface area contributed by atoms with Gasteiger partial charge in [0.25, 0.3) is 0 Å². The second kappa shape index (κ2) is 9.11. The van der Waals surface area contributed by atoms with E-state index in [1.807, 2.05) is 12.1 Å². The van der Waals surface area contributed by atoms with Crippen molar-refractivity contribution in [1.82, 2.24) is 0 Å². The van der Waals surface area contributed by atoms with Crippen molar-refractivity contribution in [2.75, 3.05) is 12.1 Å². The highest BCUT2D eigenvalue weighted by molar-refractivity contribution is 6.06. The molecule has 0 spiro atoms. The van der Waals surface area contributed by atoms with Gasteiger partial charge in [-0.2, -0.15) is 5.10 Å². The standard InChI is InChI=1S/C32H26N2O/c1-35-28-19-16-23(17-20-28)15-18-26-22-31(34(33-26)27-11-3-2-4-12-27)32-29-13-7-5-9-24(29)21-25-10-6-8-14-30(25)32/h2-21,31H,22H2,1H3/b18-15+. The van der Waals surface area contributed by atoms with Crippen molar-refractivity contribution in [3.63, 3.8) is 0 Å². The molecular formula is C32H26N2O. The normalized spacial score (nSPS) is 15.7. The molecular weight excluding hydrogens is 428 g/mol.